The number of hydrogen-bond donors (Lipinski definition) is 1. The van der Waals surface area contributed by atoms with Crippen LogP contribution in [0.1, 0.15) is 23.7 Å². The zero-order chi connectivity index (χ0) is 13.7. The van der Waals surface area contributed by atoms with Crippen molar-refractivity contribution in [1.82, 2.24) is 5.32 Å². The molecule has 1 aromatic carbocycles. The Kier molecular flexibility index (Phi) is 5.21. The number of amides is 1. The van der Waals surface area contributed by atoms with E-state index in [4.69, 9.17) is 0 Å². The van der Waals surface area contributed by atoms with E-state index in [1.165, 1.54) is 0 Å². The summed E-state index contributed by atoms with van der Waals surface area (Å²) in [5.74, 6) is -1.34. The number of benzene rings is 1. The zero-order valence-corrected chi connectivity index (χ0v) is 11.2. The van der Waals surface area contributed by atoms with Gasteiger partial charge in [0.2, 0.25) is 0 Å². The van der Waals surface area contributed by atoms with Crippen LogP contribution in [0.15, 0.2) is 18.2 Å². The van der Waals surface area contributed by atoms with E-state index in [9.17, 15) is 19.3 Å². The average Bonchev–Trinajstić information content (AvgIpc) is 2.34. The molecule has 0 radical (unpaired) electrons. The number of nitro benzene ring substituents is 1. The molecule has 0 heterocycles. The van der Waals surface area contributed by atoms with Gasteiger partial charge in [0, 0.05) is 23.0 Å². The van der Waals surface area contributed by atoms with Crippen LogP contribution in [-0.2, 0) is 0 Å². The van der Waals surface area contributed by atoms with Crippen molar-refractivity contribution < 1.29 is 14.1 Å². The highest BCUT2D eigenvalue weighted by molar-refractivity contribution is 9.09. The molecular formula is C11H12BrFN2O3. The minimum Gasteiger partial charge on any atom is -0.351 e. The third kappa shape index (κ3) is 4.06. The van der Waals surface area contributed by atoms with Crippen molar-refractivity contribution in [1.29, 1.82) is 0 Å². The van der Waals surface area contributed by atoms with Gasteiger partial charge in [0.05, 0.1) is 11.0 Å². The average molecular weight is 319 g/mol. The Labute approximate surface area is 112 Å². The normalized spacial score (nSPS) is 11.9. The lowest BCUT2D eigenvalue weighted by Crippen LogP contribution is -2.29. The second-order valence-corrected chi connectivity index (χ2v) is 4.97. The maximum absolute atomic E-state index is 13.1. The quantitative estimate of drug-likeness (QED) is 0.515. The Morgan fingerprint density at radius 1 is 1.56 bits per heavy atom. The summed E-state index contributed by atoms with van der Waals surface area (Å²) in [5.41, 5.74) is -0.497. The van der Waals surface area contributed by atoms with E-state index >= 15 is 0 Å². The fourth-order valence-electron chi connectivity index (χ4n) is 1.26. The molecule has 1 aromatic rings. The summed E-state index contributed by atoms with van der Waals surface area (Å²) >= 11 is 3.33. The number of carbonyl (C=O) groups excluding carboxylic acids is 1. The summed E-state index contributed by atoms with van der Waals surface area (Å²) in [6.07, 6.45) is 0.823. The first kappa shape index (κ1) is 14.6. The van der Waals surface area contributed by atoms with Crippen molar-refractivity contribution in [3.8, 4) is 0 Å². The van der Waals surface area contributed by atoms with E-state index < -0.39 is 22.3 Å². The third-order valence-electron chi connectivity index (χ3n) is 2.28. The van der Waals surface area contributed by atoms with E-state index in [0.29, 0.717) is 6.54 Å². The topological polar surface area (TPSA) is 72.2 Å². The van der Waals surface area contributed by atoms with Crippen LogP contribution in [0.2, 0.25) is 0 Å². The molecule has 0 saturated heterocycles. The molecule has 1 N–H and O–H groups in total. The predicted octanol–water partition coefficient (Wildman–Crippen LogP) is 2.64. The molecular weight excluding hydrogens is 307 g/mol. The van der Waals surface area contributed by atoms with Gasteiger partial charge in [-0.1, -0.05) is 22.9 Å². The van der Waals surface area contributed by atoms with Crippen LogP contribution in [-0.4, -0.2) is 22.2 Å². The summed E-state index contributed by atoms with van der Waals surface area (Å²) in [4.78, 5) is 21.6. The third-order valence-corrected chi connectivity index (χ3v) is 3.25. The molecule has 1 atom stereocenters. The highest BCUT2D eigenvalue weighted by Crippen LogP contribution is 2.16. The molecule has 0 aliphatic rings. The van der Waals surface area contributed by atoms with Gasteiger partial charge in [-0.05, 0) is 12.5 Å². The Morgan fingerprint density at radius 3 is 2.78 bits per heavy atom. The number of rotatable bonds is 5. The number of nitrogens with one attached hydrogen (secondary N) is 1. The van der Waals surface area contributed by atoms with Crippen molar-refractivity contribution in [2.45, 2.75) is 18.2 Å². The van der Waals surface area contributed by atoms with Crippen LogP contribution in [0.5, 0.6) is 0 Å². The predicted molar refractivity (Wildman–Crippen MR) is 68.4 cm³/mol. The molecule has 0 fully saturated rings. The molecule has 18 heavy (non-hydrogen) atoms. The lowest BCUT2D eigenvalue weighted by molar-refractivity contribution is -0.385. The summed E-state index contributed by atoms with van der Waals surface area (Å²) in [5, 5.41) is 13.1. The van der Waals surface area contributed by atoms with Gasteiger partial charge in [-0.15, -0.1) is 0 Å². The lowest BCUT2D eigenvalue weighted by Gasteiger charge is -2.08. The summed E-state index contributed by atoms with van der Waals surface area (Å²) in [6, 6.07) is 2.79. The number of non-ortho nitro benzene ring substituents is 1. The minimum absolute atomic E-state index is 0.0579. The smallest absolute Gasteiger partial charge is 0.273 e. The summed E-state index contributed by atoms with van der Waals surface area (Å²) in [7, 11) is 0. The van der Waals surface area contributed by atoms with Crippen molar-refractivity contribution in [3.63, 3.8) is 0 Å². The van der Waals surface area contributed by atoms with Crippen LogP contribution in [0.3, 0.4) is 0 Å². The molecule has 1 unspecified atom stereocenters. The second-order valence-electron chi connectivity index (χ2n) is 3.67. The van der Waals surface area contributed by atoms with Crippen LogP contribution < -0.4 is 5.32 Å². The minimum atomic E-state index is -0.805. The van der Waals surface area contributed by atoms with Crippen molar-refractivity contribution in [2.75, 3.05) is 6.54 Å². The molecule has 7 heteroatoms. The zero-order valence-electron chi connectivity index (χ0n) is 9.65. The van der Waals surface area contributed by atoms with Gasteiger partial charge in [-0.2, -0.15) is 0 Å². The summed E-state index contributed by atoms with van der Waals surface area (Å²) in [6.45, 7) is 2.32. The van der Waals surface area contributed by atoms with Crippen molar-refractivity contribution in [3.05, 3.63) is 39.7 Å². The SMILES string of the molecule is CCC(Br)CNC(=O)c1cc(F)cc([N+](=O)[O-])c1. The van der Waals surface area contributed by atoms with Crippen molar-refractivity contribution in [2.24, 2.45) is 0 Å². The van der Waals surface area contributed by atoms with Gasteiger partial charge < -0.3 is 5.32 Å². The van der Waals surface area contributed by atoms with E-state index in [2.05, 4.69) is 21.2 Å². The van der Waals surface area contributed by atoms with Crippen LogP contribution in [0.25, 0.3) is 0 Å². The van der Waals surface area contributed by atoms with Crippen molar-refractivity contribution >= 4 is 27.5 Å². The number of hydrogen-bond acceptors (Lipinski definition) is 3. The molecule has 0 bridgehead atoms. The summed E-state index contributed by atoms with van der Waals surface area (Å²) < 4.78 is 13.1. The largest absolute Gasteiger partial charge is 0.351 e. The number of alkyl halides is 1. The van der Waals surface area contributed by atoms with E-state index in [1.54, 1.807) is 0 Å². The maximum atomic E-state index is 13.1. The van der Waals surface area contributed by atoms with Gasteiger partial charge >= 0.3 is 0 Å². The van der Waals surface area contributed by atoms with E-state index in [-0.39, 0.29) is 10.4 Å². The van der Waals surface area contributed by atoms with Gasteiger partial charge in [-0.3, -0.25) is 14.9 Å². The number of carbonyl (C=O) groups is 1. The Morgan fingerprint density at radius 2 is 2.22 bits per heavy atom. The number of nitro groups is 1. The first-order valence-electron chi connectivity index (χ1n) is 5.31. The fourth-order valence-corrected chi connectivity index (χ4v) is 1.42. The Hall–Kier alpha value is -1.50. The first-order valence-corrected chi connectivity index (χ1v) is 6.22. The molecule has 98 valence electrons. The lowest BCUT2D eigenvalue weighted by atomic mass is 10.2. The fraction of sp³-hybridized carbons (Fsp3) is 0.364. The molecule has 0 aliphatic carbocycles. The monoisotopic (exact) mass is 318 g/mol. The van der Waals surface area contributed by atoms with E-state index in [1.807, 2.05) is 6.92 Å². The van der Waals surface area contributed by atoms with Crippen LogP contribution in [0, 0.1) is 15.9 Å². The van der Waals surface area contributed by atoms with Gasteiger partial charge in [-0.25, -0.2) is 4.39 Å². The molecule has 0 saturated carbocycles. The number of nitrogens with zero attached hydrogens (tertiary/aromatic N) is 1. The van der Waals surface area contributed by atoms with Crippen LogP contribution in [0.4, 0.5) is 10.1 Å². The first-order chi connectivity index (χ1) is 8.43. The molecule has 1 amide bonds. The highest BCUT2D eigenvalue weighted by atomic mass is 79.9. The molecule has 5 nitrogen and oxygen atoms in total. The standard InChI is InChI=1S/C11H12BrFN2O3/c1-2-8(12)6-14-11(16)7-3-9(13)5-10(4-7)15(17)18/h3-5,8H,2,6H2,1H3,(H,14,16). The van der Waals surface area contributed by atoms with E-state index in [0.717, 1.165) is 24.6 Å². The van der Waals surface area contributed by atoms with Gasteiger partial charge in [0.25, 0.3) is 11.6 Å². The second kappa shape index (κ2) is 6.44. The Bertz CT molecular complexity index is 468. The van der Waals surface area contributed by atoms with Gasteiger partial charge in [0.15, 0.2) is 0 Å². The van der Waals surface area contributed by atoms with Gasteiger partial charge in [0.1, 0.15) is 5.82 Å². The van der Waals surface area contributed by atoms with Crippen LogP contribution >= 0.6 is 15.9 Å². The molecule has 0 aliphatic heterocycles. The highest BCUT2D eigenvalue weighted by Gasteiger charge is 2.15. The molecule has 1 rings (SSSR count). The maximum Gasteiger partial charge on any atom is 0.273 e. The Balaban J connectivity index is 2.82. The molecule has 0 aromatic heterocycles. The number of halogens is 2. The molecule has 0 spiro atoms.